The first-order chi connectivity index (χ1) is 7.56. The van der Waals surface area contributed by atoms with Crippen molar-refractivity contribution in [3.63, 3.8) is 0 Å². The summed E-state index contributed by atoms with van der Waals surface area (Å²) < 4.78 is 0.444. The summed E-state index contributed by atoms with van der Waals surface area (Å²) in [6.07, 6.45) is 0. The molecule has 0 aliphatic rings. The van der Waals surface area contributed by atoms with E-state index in [0.717, 1.165) is 22.4 Å². The highest BCUT2D eigenvalue weighted by Gasteiger charge is 2.03. The largest absolute Gasteiger partial charge is 0.324 e. The lowest BCUT2D eigenvalue weighted by Gasteiger charge is -2.06. The molecular formula is C12H12N2OS. The molecule has 0 spiro atoms. The molecule has 0 saturated heterocycles. The van der Waals surface area contributed by atoms with Gasteiger partial charge < -0.3 is 4.98 Å². The molecule has 0 saturated carbocycles. The number of H-pyrrole nitrogens is 2. The fourth-order valence-electron chi connectivity index (χ4n) is 1.64. The predicted molar refractivity (Wildman–Crippen MR) is 67.2 cm³/mol. The third-order valence-electron chi connectivity index (χ3n) is 2.44. The lowest BCUT2D eigenvalue weighted by atomic mass is 10.0. The summed E-state index contributed by atoms with van der Waals surface area (Å²) in [4.78, 5) is 16.6. The smallest absolute Gasteiger partial charge is 0.307 e. The molecule has 0 amide bonds. The molecule has 0 radical (unpaired) electrons. The Hall–Kier alpha value is -1.68. The monoisotopic (exact) mass is 232 g/mol. The van der Waals surface area contributed by atoms with Gasteiger partial charge in [-0.1, -0.05) is 29.9 Å². The molecule has 3 nitrogen and oxygen atoms in total. The highest BCUT2D eigenvalue weighted by atomic mass is 32.1. The number of hydrogen-bond acceptors (Lipinski definition) is 2. The Morgan fingerprint density at radius 3 is 2.56 bits per heavy atom. The number of aromatic nitrogens is 2. The van der Waals surface area contributed by atoms with E-state index in [9.17, 15) is 4.79 Å². The fourth-order valence-corrected chi connectivity index (χ4v) is 1.85. The number of rotatable bonds is 1. The van der Waals surface area contributed by atoms with Crippen molar-refractivity contribution >= 4 is 12.2 Å². The van der Waals surface area contributed by atoms with E-state index in [1.54, 1.807) is 6.07 Å². The lowest BCUT2D eigenvalue weighted by Crippen LogP contribution is -2.10. The summed E-state index contributed by atoms with van der Waals surface area (Å²) in [5, 5.41) is 0. The van der Waals surface area contributed by atoms with Crippen molar-refractivity contribution in [3.8, 4) is 11.3 Å². The van der Waals surface area contributed by atoms with E-state index in [2.05, 4.69) is 9.97 Å². The van der Waals surface area contributed by atoms with Crippen molar-refractivity contribution in [3.05, 3.63) is 50.5 Å². The minimum Gasteiger partial charge on any atom is -0.307 e. The summed E-state index contributed by atoms with van der Waals surface area (Å²) in [5.41, 5.74) is 3.76. The first-order valence-corrected chi connectivity index (χ1v) is 5.38. The van der Waals surface area contributed by atoms with E-state index in [4.69, 9.17) is 12.2 Å². The Bertz CT molecular complexity index is 612. The first-order valence-electron chi connectivity index (χ1n) is 4.97. The summed E-state index contributed by atoms with van der Waals surface area (Å²) >= 11 is 4.99. The van der Waals surface area contributed by atoms with Crippen molar-refractivity contribution in [2.45, 2.75) is 13.8 Å². The zero-order chi connectivity index (χ0) is 11.7. The van der Waals surface area contributed by atoms with Crippen LogP contribution in [-0.4, -0.2) is 9.97 Å². The van der Waals surface area contributed by atoms with E-state index in [1.807, 2.05) is 32.0 Å². The van der Waals surface area contributed by atoms with Gasteiger partial charge in [0.15, 0.2) is 0 Å². The van der Waals surface area contributed by atoms with Crippen molar-refractivity contribution < 1.29 is 0 Å². The summed E-state index contributed by atoms with van der Waals surface area (Å²) in [5.74, 6) is 0. The van der Waals surface area contributed by atoms with Crippen LogP contribution in [0.4, 0.5) is 0 Å². The van der Waals surface area contributed by atoms with Crippen molar-refractivity contribution in [1.29, 1.82) is 0 Å². The van der Waals surface area contributed by atoms with Gasteiger partial charge in [-0.15, -0.1) is 0 Å². The average molecular weight is 232 g/mol. The molecular weight excluding hydrogens is 220 g/mol. The number of nitrogens with one attached hydrogen (secondary N) is 2. The molecule has 16 heavy (non-hydrogen) atoms. The molecule has 0 aliphatic heterocycles. The molecule has 0 bridgehead atoms. The third-order valence-corrected chi connectivity index (χ3v) is 2.66. The van der Waals surface area contributed by atoms with E-state index < -0.39 is 0 Å². The van der Waals surface area contributed by atoms with Crippen LogP contribution in [0.3, 0.4) is 0 Å². The number of aryl methyl sites for hydroxylation is 2. The molecule has 82 valence electrons. The second-order valence-corrected chi connectivity index (χ2v) is 4.26. The van der Waals surface area contributed by atoms with Crippen LogP contribution in [0, 0.1) is 18.5 Å². The number of hydrogen-bond donors (Lipinski definition) is 2. The predicted octanol–water partition coefficient (Wildman–Crippen LogP) is 2.72. The zero-order valence-electron chi connectivity index (χ0n) is 9.13. The SMILES string of the molecule is Cc1ccc(C)c(-c2cc(=S)[nH]c(=O)[nH]2)c1. The molecule has 0 aliphatic carbocycles. The number of benzene rings is 1. The van der Waals surface area contributed by atoms with Crippen LogP contribution in [0.15, 0.2) is 29.1 Å². The molecule has 0 atom stereocenters. The van der Waals surface area contributed by atoms with Crippen molar-refractivity contribution in [2.24, 2.45) is 0 Å². The maximum Gasteiger partial charge on any atom is 0.324 e. The standard InChI is InChI=1S/C12H12N2OS/c1-7-3-4-8(2)9(5-7)10-6-11(16)14-12(15)13-10/h3-6H,1-2H3,(H2,13,14,15,16). The van der Waals surface area contributed by atoms with Gasteiger partial charge in [-0.3, -0.25) is 4.98 Å². The first kappa shape index (κ1) is 10.8. The Kier molecular flexibility index (Phi) is 2.75. The molecule has 1 aromatic carbocycles. The molecule has 4 heteroatoms. The van der Waals surface area contributed by atoms with Gasteiger partial charge in [-0.25, -0.2) is 4.79 Å². The number of aromatic amines is 2. The normalized spacial score (nSPS) is 10.4. The van der Waals surface area contributed by atoms with Crippen LogP contribution in [0.2, 0.25) is 0 Å². The highest BCUT2D eigenvalue weighted by molar-refractivity contribution is 7.71. The summed E-state index contributed by atoms with van der Waals surface area (Å²) in [6, 6.07) is 7.87. The minimum atomic E-state index is -0.275. The van der Waals surface area contributed by atoms with E-state index in [-0.39, 0.29) is 5.69 Å². The van der Waals surface area contributed by atoms with Gasteiger partial charge in [0.1, 0.15) is 4.64 Å². The molecule has 2 N–H and O–H groups in total. The fraction of sp³-hybridized carbons (Fsp3) is 0.167. The Balaban J connectivity index is 2.71. The summed E-state index contributed by atoms with van der Waals surface area (Å²) in [6.45, 7) is 4.03. The Morgan fingerprint density at radius 2 is 1.88 bits per heavy atom. The molecule has 1 aromatic heterocycles. The molecule has 0 unspecified atom stereocenters. The molecule has 0 fully saturated rings. The van der Waals surface area contributed by atoms with Crippen LogP contribution in [0.5, 0.6) is 0 Å². The van der Waals surface area contributed by atoms with E-state index in [1.165, 1.54) is 0 Å². The van der Waals surface area contributed by atoms with E-state index >= 15 is 0 Å². The van der Waals surface area contributed by atoms with Gasteiger partial charge in [0.2, 0.25) is 0 Å². The maximum atomic E-state index is 11.3. The van der Waals surface area contributed by atoms with Gasteiger partial charge in [0, 0.05) is 5.56 Å². The van der Waals surface area contributed by atoms with Crippen LogP contribution in [0.1, 0.15) is 11.1 Å². The van der Waals surface area contributed by atoms with Gasteiger partial charge in [-0.05, 0) is 31.5 Å². The third kappa shape index (κ3) is 2.12. The second kappa shape index (κ2) is 4.06. The Morgan fingerprint density at radius 1 is 1.12 bits per heavy atom. The van der Waals surface area contributed by atoms with Gasteiger partial charge in [0.05, 0.1) is 5.69 Å². The van der Waals surface area contributed by atoms with Crippen molar-refractivity contribution in [2.75, 3.05) is 0 Å². The quantitative estimate of drug-likeness (QED) is 0.743. The molecule has 2 rings (SSSR count). The van der Waals surface area contributed by atoms with E-state index in [0.29, 0.717) is 4.64 Å². The van der Waals surface area contributed by atoms with Crippen molar-refractivity contribution in [1.82, 2.24) is 9.97 Å². The molecule has 2 aromatic rings. The average Bonchev–Trinajstić information content (AvgIpc) is 2.20. The van der Waals surface area contributed by atoms with Gasteiger partial charge >= 0.3 is 5.69 Å². The Labute approximate surface area is 98.2 Å². The minimum absolute atomic E-state index is 0.275. The highest BCUT2D eigenvalue weighted by Crippen LogP contribution is 2.21. The molecule has 1 heterocycles. The maximum absolute atomic E-state index is 11.3. The van der Waals surface area contributed by atoms with Crippen LogP contribution >= 0.6 is 12.2 Å². The van der Waals surface area contributed by atoms with Crippen LogP contribution in [-0.2, 0) is 0 Å². The zero-order valence-corrected chi connectivity index (χ0v) is 9.94. The van der Waals surface area contributed by atoms with Crippen LogP contribution < -0.4 is 5.69 Å². The second-order valence-electron chi connectivity index (χ2n) is 3.82. The lowest BCUT2D eigenvalue weighted by molar-refractivity contribution is 1.06. The van der Waals surface area contributed by atoms with Gasteiger partial charge in [-0.2, -0.15) is 0 Å². The van der Waals surface area contributed by atoms with Gasteiger partial charge in [0.25, 0.3) is 0 Å². The summed E-state index contributed by atoms with van der Waals surface area (Å²) in [7, 11) is 0. The topological polar surface area (TPSA) is 48.6 Å². The van der Waals surface area contributed by atoms with Crippen LogP contribution in [0.25, 0.3) is 11.3 Å².